The Morgan fingerprint density at radius 3 is 2.81 bits per heavy atom. The lowest BCUT2D eigenvalue weighted by Gasteiger charge is -2.30. The number of nitrogens with one attached hydrogen (secondary N) is 1. The van der Waals surface area contributed by atoms with Crippen molar-refractivity contribution in [1.29, 1.82) is 0 Å². The maximum absolute atomic E-state index is 12.7. The molecule has 1 N–H and O–H groups in total. The van der Waals surface area contributed by atoms with Crippen molar-refractivity contribution in [3.05, 3.63) is 64.4 Å². The van der Waals surface area contributed by atoms with Crippen molar-refractivity contribution in [3.63, 3.8) is 0 Å². The predicted molar refractivity (Wildman–Crippen MR) is 101 cm³/mol. The van der Waals surface area contributed by atoms with E-state index in [0.717, 1.165) is 31.5 Å². The van der Waals surface area contributed by atoms with Gasteiger partial charge < -0.3 is 10.2 Å². The first-order valence-electron chi connectivity index (χ1n) is 8.80. The molecule has 0 aliphatic carbocycles. The fraction of sp³-hybridized carbons (Fsp3) is 0.350. The van der Waals surface area contributed by atoms with Gasteiger partial charge in [-0.2, -0.15) is 0 Å². The molecule has 0 spiro atoms. The molecule has 1 fully saturated rings. The van der Waals surface area contributed by atoms with Gasteiger partial charge in [0.05, 0.1) is 11.1 Å². The lowest BCUT2D eigenvalue weighted by molar-refractivity contribution is 0.0682. The molecule has 1 aromatic heterocycles. The third-order valence-corrected chi connectivity index (χ3v) is 4.96. The molecule has 1 unspecified atom stereocenters. The average Bonchev–Trinajstić information content (AvgIpc) is 2.66. The highest BCUT2D eigenvalue weighted by Crippen LogP contribution is 2.18. The van der Waals surface area contributed by atoms with Crippen LogP contribution in [0.5, 0.6) is 0 Å². The Morgan fingerprint density at radius 1 is 1.27 bits per heavy atom. The summed E-state index contributed by atoms with van der Waals surface area (Å²) in [6.45, 7) is 3.98. The SMILES string of the molecule is CC1CCCN(C(=O)c2cncc(C(=O)NCc3ccccc3Cl)c2)C1. The van der Waals surface area contributed by atoms with E-state index in [1.807, 2.05) is 23.1 Å². The highest BCUT2D eigenvalue weighted by atomic mass is 35.5. The van der Waals surface area contributed by atoms with Gasteiger partial charge in [-0.1, -0.05) is 36.7 Å². The highest BCUT2D eigenvalue weighted by Gasteiger charge is 2.23. The van der Waals surface area contributed by atoms with Crippen molar-refractivity contribution in [1.82, 2.24) is 15.2 Å². The van der Waals surface area contributed by atoms with Crippen LogP contribution in [0, 0.1) is 5.92 Å². The Morgan fingerprint density at radius 2 is 2.04 bits per heavy atom. The summed E-state index contributed by atoms with van der Waals surface area (Å²) in [7, 11) is 0. The van der Waals surface area contributed by atoms with Crippen molar-refractivity contribution < 1.29 is 9.59 Å². The summed E-state index contributed by atoms with van der Waals surface area (Å²) in [6, 6.07) is 8.96. The monoisotopic (exact) mass is 371 g/mol. The standard InChI is InChI=1S/C20H22ClN3O2/c1-14-5-4-8-24(13-14)20(26)17-9-16(10-22-11-17)19(25)23-12-15-6-2-3-7-18(15)21/h2-3,6-7,9-11,14H,4-5,8,12-13H2,1H3,(H,23,25). The molecule has 1 aliphatic heterocycles. The van der Waals surface area contributed by atoms with Crippen molar-refractivity contribution >= 4 is 23.4 Å². The number of nitrogens with zero attached hydrogens (tertiary/aromatic N) is 2. The van der Waals surface area contributed by atoms with Gasteiger partial charge in [0.25, 0.3) is 11.8 Å². The van der Waals surface area contributed by atoms with E-state index in [9.17, 15) is 9.59 Å². The first-order chi connectivity index (χ1) is 12.5. The van der Waals surface area contributed by atoms with E-state index in [1.54, 1.807) is 12.1 Å². The number of carbonyl (C=O) groups excluding carboxylic acids is 2. The molecule has 2 heterocycles. The van der Waals surface area contributed by atoms with Crippen LogP contribution in [0.2, 0.25) is 5.02 Å². The third-order valence-electron chi connectivity index (χ3n) is 4.59. The molecule has 1 aromatic carbocycles. The second-order valence-corrected chi connectivity index (χ2v) is 7.14. The quantitative estimate of drug-likeness (QED) is 0.894. The van der Waals surface area contributed by atoms with Gasteiger partial charge >= 0.3 is 0 Å². The molecule has 1 atom stereocenters. The zero-order valence-corrected chi connectivity index (χ0v) is 15.5. The van der Waals surface area contributed by atoms with Crippen molar-refractivity contribution in [3.8, 4) is 0 Å². The van der Waals surface area contributed by atoms with E-state index in [2.05, 4.69) is 17.2 Å². The molecular formula is C20H22ClN3O2. The molecule has 26 heavy (non-hydrogen) atoms. The Balaban J connectivity index is 1.67. The van der Waals surface area contributed by atoms with Crippen LogP contribution in [0.4, 0.5) is 0 Å². The molecule has 6 heteroatoms. The molecule has 2 aromatic rings. The van der Waals surface area contributed by atoms with Crippen molar-refractivity contribution in [2.45, 2.75) is 26.3 Å². The number of aromatic nitrogens is 1. The van der Waals surface area contributed by atoms with Crippen molar-refractivity contribution in [2.75, 3.05) is 13.1 Å². The summed E-state index contributed by atoms with van der Waals surface area (Å²) < 4.78 is 0. The second kappa shape index (κ2) is 8.32. The maximum atomic E-state index is 12.7. The average molecular weight is 372 g/mol. The van der Waals surface area contributed by atoms with Crippen LogP contribution < -0.4 is 5.32 Å². The fourth-order valence-corrected chi connectivity index (χ4v) is 3.36. The van der Waals surface area contributed by atoms with Gasteiger partial charge in [-0.05, 0) is 36.5 Å². The van der Waals surface area contributed by atoms with Crippen LogP contribution in [-0.4, -0.2) is 34.8 Å². The van der Waals surface area contributed by atoms with E-state index < -0.39 is 0 Å². The molecular weight excluding hydrogens is 350 g/mol. The van der Waals surface area contributed by atoms with Crippen LogP contribution in [0.15, 0.2) is 42.7 Å². The number of hydrogen-bond donors (Lipinski definition) is 1. The molecule has 2 amide bonds. The number of benzene rings is 1. The number of amides is 2. The Kier molecular flexibility index (Phi) is 5.89. The fourth-order valence-electron chi connectivity index (χ4n) is 3.16. The summed E-state index contributed by atoms with van der Waals surface area (Å²) in [4.78, 5) is 31.0. The molecule has 1 aliphatic rings. The highest BCUT2D eigenvalue weighted by molar-refractivity contribution is 6.31. The number of halogens is 1. The van der Waals surface area contributed by atoms with Crippen LogP contribution >= 0.6 is 11.6 Å². The molecule has 0 bridgehead atoms. The molecule has 0 radical (unpaired) electrons. The normalized spacial score (nSPS) is 17.0. The van der Waals surface area contributed by atoms with E-state index in [4.69, 9.17) is 11.6 Å². The molecule has 0 saturated carbocycles. The first-order valence-corrected chi connectivity index (χ1v) is 9.18. The van der Waals surface area contributed by atoms with E-state index >= 15 is 0 Å². The molecule has 5 nitrogen and oxygen atoms in total. The number of pyridine rings is 1. The second-order valence-electron chi connectivity index (χ2n) is 6.73. The first kappa shape index (κ1) is 18.4. The molecule has 3 rings (SSSR count). The Labute approximate surface area is 158 Å². The Bertz CT molecular complexity index is 809. The number of carbonyl (C=O) groups is 2. The third kappa shape index (κ3) is 4.41. The van der Waals surface area contributed by atoms with Gasteiger partial charge in [-0.25, -0.2) is 0 Å². The topological polar surface area (TPSA) is 62.3 Å². The summed E-state index contributed by atoms with van der Waals surface area (Å²) in [5.41, 5.74) is 1.66. The Hall–Kier alpha value is -2.40. The summed E-state index contributed by atoms with van der Waals surface area (Å²) >= 11 is 6.10. The van der Waals surface area contributed by atoms with Crippen LogP contribution in [0.1, 0.15) is 46.0 Å². The van der Waals surface area contributed by atoms with Crippen LogP contribution in [0.3, 0.4) is 0 Å². The number of piperidine rings is 1. The van der Waals surface area contributed by atoms with Crippen molar-refractivity contribution in [2.24, 2.45) is 5.92 Å². The number of rotatable bonds is 4. The molecule has 1 saturated heterocycles. The largest absolute Gasteiger partial charge is 0.348 e. The molecule has 136 valence electrons. The van der Waals surface area contributed by atoms with Crippen LogP contribution in [-0.2, 0) is 6.54 Å². The van der Waals surface area contributed by atoms with Gasteiger partial charge in [0.1, 0.15) is 0 Å². The van der Waals surface area contributed by atoms with Gasteiger partial charge in [0, 0.05) is 37.1 Å². The maximum Gasteiger partial charge on any atom is 0.255 e. The van der Waals surface area contributed by atoms with E-state index in [0.29, 0.717) is 28.6 Å². The lowest BCUT2D eigenvalue weighted by Crippen LogP contribution is -2.39. The zero-order chi connectivity index (χ0) is 18.5. The van der Waals surface area contributed by atoms with Gasteiger partial charge in [0.15, 0.2) is 0 Å². The van der Waals surface area contributed by atoms with Gasteiger partial charge in [0.2, 0.25) is 0 Å². The van der Waals surface area contributed by atoms with E-state index in [1.165, 1.54) is 12.4 Å². The summed E-state index contributed by atoms with van der Waals surface area (Å²) in [5.74, 6) is 0.159. The number of hydrogen-bond acceptors (Lipinski definition) is 3. The zero-order valence-electron chi connectivity index (χ0n) is 14.7. The van der Waals surface area contributed by atoms with E-state index in [-0.39, 0.29) is 11.8 Å². The van der Waals surface area contributed by atoms with Gasteiger partial charge in [-0.3, -0.25) is 14.6 Å². The minimum absolute atomic E-state index is 0.0650. The van der Waals surface area contributed by atoms with Gasteiger partial charge in [-0.15, -0.1) is 0 Å². The summed E-state index contributed by atoms with van der Waals surface area (Å²) in [5, 5.41) is 3.43. The number of likely N-dealkylation sites (tertiary alicyclic amines) is 1. The minimum Gasteiger partial charge on any atom is -0.348 e. The minimum atomic E-state index is -0.279. The van der Waals surface area contributed by atoms with Crippen LogP contribution in [0.25, 0.3) is 0 Å². The smallest absolute Gasteiger partial charge is 0.255 e. The summed E-state index contributed by atoms with van der Waals surface area (Å²) in [6.07, 6.45) is 5.15. The lowest BCUT2D eigenvalue weighted by atomic mass is 9.99. The predicted octanol–water partition coefficient (Wildman–Crippen LogP) is 3.54.